The van der Waals surface area contributed by atoms with Gasteiger partial charge in [-0.05, 0) is 37.6 Å². The van der Waals surface area contributed by atoms with Gasteiger partial charge in [-0.3, -0.25) is 14.0 Å². The number of fused-ring (bicyclic) bond motifs is 1. The lowest BCUT2D eigenvalue weighted by atomic mass is 9.89. The molecule has 4 aliphatic rings. The molecular formula is C24H28F3N3O3S. The molecule has 10 heteroatoms. The number of hydrogen-bond acceptors (Lipinski definition) is 4. The number of likely N-dealkylation sites (tertiary alicyclic amines) is 1. The zero-order valence-electron chi connectivity index (χ0n) is 18.7. The maximum absolute atomic E-state index is 13.3. The van der Waals surface area contributed by atoms with E-state index in [-0.39, 0.29) is 29.5 Å². The summed E-state index contributed by atoms with van der Waals surface area (Å²) < 4.78 is 61.9. The Labute approximate surface area is 197 Å². The first-order chi connectivity index (χ1) is 16.1. The third-order valence-corrected chi connectivity index (χ3v) is 8.64. The average molecular weight is 496 g/mol. The normalized spacial score (nSPS) is 26.8. The minimum Gasteiger partial charge on any atom is -0.487 e. The van der Waals surface area contributed by atoms with Crippen LogP contribution in [0, 0.1) is 5.92 Å². The Bertz CT molecular complexity index is 1090. The van der Waals surface area contributed by atoms with E-state index in [1.54, 1.807) is 4.90 Å². The minimum atomic E-state index is -4.50. The predicted octanol–water partition coefficient (Wildman–Crippen LogP) is 3.46. The third-order valence-electron chi connectivity index (χ3n) is 6.39. The van der Waals surface area contributed by atoms with E-state index in [1.165, 1.54) is 18.4 Å². The van der Waals surface area contributed by atoms with Crippen molar-refractivity contribution in [1.29, 1.82) is 0 Å². The van der Waals surface area contributed by atoms with E-state index in [9.17, 15) is 22.2 Å². The molecule has 0 aromatic carbocycles. The molecule has 1 saturated heterocycles. The number of piperidine rings is 1. The van der Waals surface area contributed by atoms with Gasteiger partial charge in [0.25, 0.3) is 5.91 Å². The summed E-state index contributed by atoms with van der Waals surface area (Å²) in [6.45, 7) is 0.589. The molecule has 2 aliphatic carbocycles. The fourth-order valence-electron chi connectivity index (χ4n) is 4.56. The van der Waals surface area contributed by atoms with Crippen molar-refractivity contribution < 1.29 is 26.9 Å². The van der Waals surface area contributed by atoms with E-state index in [4.69, 9.17) is 4.74 Å². The summed E-state index contributed by atoms with van der Waals surface area (Å²) in [4.78, 5) is 18.3. The number of amides is 1. The van der Waals surface area contributed by atoms with Crippen molar-refractivity contribution in [2.75, 3.05) is 19.7 Å². The van der Waals surface area contributed by atoms with Crippen LogP contribution in [-0.2, 0) is 19.2 Å². The number of ether oxygens (including phenoxy) is 1. The summed E-state index contributed by atoms with van der Waals surface area (Å²) in [6.07, 6.45) is 10.8. The van der Waals surface area contributed by atoms with Gasteiger partial charge in [0.1, 0.15) is 5.76 Å². The maximum Gasteiger partial charge on any atom is 0.418 e. The fourth-order valence-corrected chi connectivity index (χ4v) is 6.41. The Morgan fingerprint density at radius 2 is 2.00 bits per heavy atom. The Balaban J connectivity index is 1.29. The van der Waals surface area contributed by atoms with Crippen molar-refractivity contribution in [3.63, 3.8) is 0 Å². The SMILES string of the molecule is C=S(=O)(NC1C=CC=CC1)C1CCN(C(=O)COC2=CC=NC3=C(C(F)(F)F)C=CCC23)CC1. The average Bonchev–Trinajstić information content (AvgIpc) is 2.82. The first-order valence-electron chi connectivity index (χ1n) is 11.2. The van der Waals surface area contributed by atoms with Crippen LogP contribution in [0.25, 0.3) is 0 Å². The van der Waals surface area contributed by atoms with Crippen LogP contribution in [0.4, 0.5) is 13.2 Å². The molecule has 0 saturated carbocycles. The Kier molecular flexibility index (Phi) is 7.18. The zero-order chi connectivity index (χ0) is 24.3. The molecule has 184 valence electrons. The van der Waals surface area contributed by atoms with Gasteiger partial charge < -0.3 is 9.64 Å². The minimum absolute atomic E-state index is 0.0122. The van der Waals surface area contributed by atoms with E-state index in [0.717, 1.165) is 12.5 Å². The van der Waals surface area contributed by atoms with Crippen LogP contribution >= 0.6 is 0 Å². The summed E-state index contributed by atoms with van der Waals surface area (Å²) in [5.41, 5.74) is -0.866. The molecule has 0 aromatic heterocycles. The van der Waals surface area contributed by atoms with Crippen LogP contribution in [0.3, 0.4) is 0 Å². The smallest absolute Gasteiger partial charge is 0.418 e. The summed E-state index contributed by atoms with van der Waals surface area (Å²) in [7, 11) is -2.52. The first-order valence-corrected chi connectivity index (χ1v) is 13.0. The zero-order valence-corrected chi connectivity index (χ0v) is 19.5. The molecule has 1 N–H and O–H groups in total. The van der Waals surface area contributed by atoms with Gasteiger partial charge in [0.15, 0.2) is 6.61 Å². The standard InChI is InChI=1S/C24H28F3N3O3S/c1-34(32,29-17-6-3-2-4-7-17)18-11-14-30(15-12-18)22(31)16-33-21-10-13-28-23-19(21)8-5-9-20(23)24(25,26)27/h2-6,9-10,13,17-19H,1,7-8,11-12,14-16H2,(H,29,32). The number of carbonyl (C=O) groups excluding carboxylic acids is 1. The number of hydrogen-bond donors (Lipinski definition) is 1. The molecule has 3 atom stereocenters. The van der Waals surface area contributed by atoms with E-state index >= 15 is 0 Å². The summed E-state index contributed by atoms with van der Waals surface area (Å²) in [6, 6.07) is -0.0122. The molecule has 0 radical (unpaired) electrons. The second-order valence-corrected chi connectivity index (χ2v) is 11.1. The molecule has 2 heterocycles. The van der Waals surface area contributed by atoms with Gasteiger partial charge >= 0.3 is 6.18 Å². The predicted molar refractivity (Wildman–Crippen MR) is 128 cm³/mol. The van der Waals surface area contributed by atoms with Crippen molar-refractivity contribution in [1.82, 2.24) is 9.62 Å². The van der Waals surface area contributed by atoms with E-state index < -0.39 is 27.4 Å². The van der Waals surface area contributed by atoms with Gasteiger partial charge in [-0.1, -0.05) is 36.5 Å². The fraction of sp³-hybridized carbons (Fsp3) is 0.458. The van der Waals surface area contributed by atoms with Gasteiger partial charge in [-0.15, -0.1) is 0 Å². The summed E-state index contributed by atoms with van der Waals surface area (Å²) in [5.74, 6) is 3.33. The summed E-state index contributed by atoms with van der Waals surface area (Å²) >= 11 is 0. The highest BCUT2D eigenvalue weighted by Crippen LogP contribution is 2.40. The first kappa shape index (κ1) is 24.5. The highest BCUT2D eigenvalue weighted by molar-refractivity contribution is 7.99. The molecule has 1 fully saturated rings. The second kappa shape index (κ2) is 9.95. The number of halogens is 3. The highest BCUT2D eigenvalue weighted by Gasteiger charge is 2.40. The lowest BCUT2D eigenvalue weighted by molar-refractivity contribution is -0.135. The van der Waals surface area contributed by atoms with Crippen LogP contribution in [0.5, 0.6) is 0 Å². The molecule has 4 rings (SSSR count). The van der Waals surface area contributed by atoms with Gasteiger partial charge in [-0.2, -0.15) is 13.2 Å². The van der Waals surface area contributed by atoms with Crippen molar-refractivity contribution >= 4 is 27.7 Å². The van der Waals surface area contributed by atoms with Crippen LogP contribution < -0.4 is 4.72 Å². The van der Waals surface area contributed by atoms with E-state index in [2.05, 4.69) is 15.6 Å². The number of allylic oxidation sites excluding steroid dienone is 6. The number of alkyl halides is 3. The number of nitrogens with one attached hydrogen (secondary N) is 1. The number of carbonyl (C=O) groups is 1. The molecule has 2 aliphatic heterocycles. The molecular weight excluding hydrogens is 467 g/mol. The van der Waals surface area contributed by atoms with E-state index in [0.29, 0.717) is 38.1 Å². The molecule has 6 nitrogen and oxygen atoms in total. The number of aliphatic imine (C=N–C) groups is 1. The van der Waals surface area contributed by atoms with Crippen molar-refractivity contribution in [3.05, 3.63) is 59.6 Å². The Morgan fingerprint density at radius 3 is 2.68 bits per heavy atom. The molecule has 1 amide bonds. The van der Waals surface area contributed by atoms with Crippen LogP contribution in [0.1, 0.15) is 25.7 Å². The van der Waals surface area contributed by atoms with Gasteiger partial charge in [0.05, 0.1) is 17.2 Å². The number of dihydropyridines is 1. The topological polar surface area (TPSA) is 71.0 Å². The highest BCUT2D eigenvalue weighted by atomic mass is 32.2. The van der Waals surface area contributed by atoms with Gasteiger partial charge in [0, 0.05) is 40.3 Å². The lowest BCUT2D eigenvalue weighted by Crippen LogP contribution is -2.48. The quantitative estimate of drug-likeness (QED) is 0.574. The van der Waals surface area contributed by atoms with Crippen molar-refractivity contribution in [3.8, 4) is 0 Å². The van der Waals surface area contributed by atoms with Crippen molar-refractivity contribution in [2.24, 2.45) is 10.9 Å². The molecule has 0 spiro atoms. The maximum atomic E-state index is 13.3. The van der Waals surface area contributed by atoms with Crippen molar-refractivity contribution in [2.45, 2.75) is 43.2 Å². The van der Waals surface area contributed by atoms with Gasteiger partial charge in [-0.25, -0.2) is 4.72 Å². The van der Waals surface area contributed by atoms with Crippen LogP contribution in [0.15, 0.2) is 64.6 Å². The second-order valence-electron chi connectivity index (χ2n) is 8.70. The number of rotatable bonds is 6. The van der Waals surface area contributed by atoms with Crippen LogP contribution in [0.2, 0.25) is 0 Å². The number of nitrogens with zero attached hydrogens (tertiary/aromatic N) is 2. The molecule has 0 aromatic rings. The molecule has 0 bridgehead atoms. The van der Waals surface area contributed by atoms with Crippen LogP contribution in [-0.4, -0.2) is 64.3 Å². The summed E-state index contributed by atoms with van der Waals surface area (Å²) in [5, 5.41) is -0.142. The Hall–Kier alpha value is -2.59. The van der Waals surface area contributed by atoms with Gasteiger partial charge in [0.2, 0.25) is 0 Å². The monoisotopic (exact) mass is 495 g/mol. The lowest BCUT2D eigenvalue weighted by Gasteiger charge is -2.35. The van der Waals surface area contributed by atoms with E-state index in [1.807, 2.05) is 24.3 Å². The molecule has 34 heavy (non-hydrogen) atoms. The molecule has 3 unspecified atom stereocenters. The third kappa shape index (κ3) is 5.55. The Morgan fingerprint density at radius 1 is 1.24 bits per heavy atom. The largest absolute Gasteiger partial charge is 0.487 e.